The van der Waals surface area contributed by atoms with Crippen LogP contribution in [0.15, 0.2) is 48.5 Å². The molecule has 1 heterocycles. The van der Waals surface area contributed by atoms with Gasteiger partial charge in [-0.2, -0.15) is 0 Å². The molecule has 0 atom stereocenters. The van der Waals surface area contributed by atoms with Gasteiger partial charge in [-0.15, -0.1) is 11.6 Å². The van der Waals surface area contributed by atoms with Crippen LogP contribution in [0.4, 0.5) is 4.39 Å². The van der Waals surface area contributed by atoms with Crippen molar-refractivity contribution < 1.29 is 9.13 Å². The molecular formula is C17H13ClFNO. The fourth-order valence-electron chi connectivity index (χ4n) is 2.37. The molecule has 0 bridgehead atoms. The van der Waals surface area contributed by atoms with E-state index in [-0.39, 0.29) is 5.82 Å². The Morgan fingerprint density at radius 3 is 2.67 bits per heavy atom. The zero-order chi connectivity index (χ0) is 14.8. The number of alkyl halides is 1. The van der Waals surface area contributed by atoms with Gasteiger partial charge in [0.1, 0.15) is 17.1 Å². The van der Waals surface area contributed by atoms with Crippen molar-refractivity contribution in [1.29, 1.82) is 0 Å². The van der Waals surface area contributed by atoms with Gasteiger partial charge in [0, 0.05) is 16.8 Å². The summed E-state index contributed by atoms with van der Waals surface area (Å²) in [6.45, 7) is 0. The van der Waals surface area contributed by atoms with E-state index < -0.39 is 0 Å². The van der Waals surface area contributed by atoms with Crippen molar-refractivity contribution in [2.75, 3.05) is 7.11 Å². The Morgan fingerprint density at radius 1 is 1.14 bits per heavy atom. The van der Waals surface area contributed by atoms with Crippen molar-refractivity contribution in [3.63, 3.8) is 0 Å². The molecule has 0 N–H and O–H groups in total. The van der Waals surface area contributed by atoms with Crippen LogP contribution in [-0.2, 0) is 5.88 Å². The topological polar surface area (TPSA) is 22.1 Å². The number of benzene rings is 2. The molecule has 3 aromatic rings. The molecular weight excluding hydrogens is 289 g/mol. The average Bonchev–Trinajstić information content (AvgIpc) is 2.52. The summed E-state index contributed by atoms with van der Waals surface area (Å²) in [4.78, 5) is 4.65. The van der Waals surface area contributed by atoms with E-state index in [0.29, 0.717) is 22.9 Å². The standard InChI is InChI=1S/C17H13ClFNO/c1-21-15-7-3-5-11-8-13(10-18)16(20-17(11)15)12-4-2-6-14(19)9-12/h2-9H,10H2,1H3. The predicted molar refractivity (Wildman–Crippen MR) is 83.2 cm³/mol. The van der Waals surface area contributed by atoms with Gasteiger partial charge in [0.2, 0.25) is 0 Å². The number of pyridine rings is 1. The maximum atomic E-state index is 13.5. The van der Waals surface area contributed by atoms with Crippen molar-refractivity contribution >= 4 is 22.5 Å². The molecule has 0 radical (unpaired) electrons. The molecule has 0 amide bonds. The smallest absolute Gasteiger partial charge is 0.145 e. The Kier molecular flexibility index (Phi) is 3.76. The molecule has 0 spiro atoms. The Labute approximate surface area is 127 Å². The highest BCUT2D eigenvalue weighted by Gasteiger charge is 2.11. The van der Waals surface area contributed by atoms with Crippen LogP contribution in [0.3, 0.4) is 0 Å². The van der Waals surface area contributed by atoms with Crippen LogP contribution >= 0.6 is 11.6 Å². The highest BCUT2D eigenvalue weighted by molar-refractivity contribution is 6.17. The fourth-order valence-corrected chi connectivity index (χ4v) is 2.57. The zero-order valence-electron chi connectivity index (χ0n) is 11.4. The van der Waals surface area contributed by atoms with Crippen LogP contribution in [0, 0.1) is 5.82 Å². The van der Waals surface area contributed by atoms with Gasteiger partial charge in [0.15, 0.2) is 0 Å². The molecule has 0 aliphatic rings. The number of halogens is 2. The third-order valence-corrected chi connectivity index (χ3v) is 3.64. The van der Waals surface area contributed by atoms with Gasteiger partial charge in [0.05, 0.1) is 12.8 Å². The third-order valence-electron chi connectivity index (χ3n) is 3.35. The first-order chi connectivity index (χ1) is 10.2. The van der Waals surface area contributed by atoms with Crippen LogP contribution in [0.2, 0.25) is 0 Å². The summed E-state index contributed by atoms with van der Waals surface area (Å²) in [5.74, 6) is 0.702. The predicted octanol–water partition coefficient (Wildman–Crippen LogP) is 4.79. The van der Waals surface area contributed by atoms with Crippen LogP contribution in [0.25, 0.3) is 22.2 Å². The van der Waals surface area contributed by atoms with Gasteiger partial charge in [0.25, 0.3) is 0 Å². The molecule has 106 valence electrons. The Balaban J connectivity index is 2.30. The normalized spacial score (nSPS) is 10.8. The molecule has 1 aromatic heterocycles. The highest BCUT2D eigenvalue weighted by atomic mass is 35.5. The van der Waals surface area contributed by atoms with E-state index in [9.17, 15) is 4.39 Å². The number of para-hydroxylation sites is 1. The van der Waals surface area contributed by atoms with Gasteiger partial charge >= 0.3 is 0 Å². The van der Waals surface area contributed by atoms with E-state index >= 15 is 0 Å². The minimum Gasteiger partial charge on any atom is -0.494 e. The summed E-state index contributed by atoms with van der Waals surface area (Å²) in [7, 11) is 1.60. The van der Waals surface area contributed by atoms with Crippen molar-refractivity contribution in [2.24, 2.45) is 0 Å². The minimum atomic E-state index is -0.296. The van der Waals surface area contributed by atoms with E-state index in [4.69, 9.17) is 16.3 Å². The summed E-state index contributed by atoms with van der Waals surface area (Å²) < 4.78 is 18.8. The Bertz CT molecular complexity index is 804. The Morgan fingerprint density at radius 2 is 1.95 bits per heavy atom. The zero-order valence-corrected chi connectivity index (χ0v) is 12.2. The molecule has 0 fully saturated rings. The molecule has 3 rings (SSSR count). The summed E-state index contributed by atoms with van der Waals surface area (Å²) in [6.07, 6.45) is 0. The first kappa shape index (κ1) is 13.8. The number of methoxy groups -OCH3 is 1. The quantitative estimate of drug-likeness (QED) is 0.649. The highest BCUT2D eigenvalue weighted by Crippen LogP contribution is 2.31. The molecule has 0 saturated heterocycles. The molecule has 4 heteroatoms. The molecule has 21 heavy (non-hydrogen) atoms. The lowest BCUT2D eigenvalue weighted by Gasteiger charge is -2.11. The van der Waals surface area contributed by atoms with E-state index in [1.54, 1.807) is 13.2 Å². The fraction of sp³-hybridized carbons (Fsp3) is 0.118. The van der Waals surface area contributed by atoms with Crippen LogP contribution in [0.1, 0.15) is 5.56 Å². The molecule has 0 unspecified atom stereocenters. The van der Waals surface area contributed by atoms with Crippen LogP contribution in [-0.4, -0.2) is 12.1 Å². The van der Waals surface area contributed by atoms with E-state index in [0.717, 1.165) is 16.5 Å². The average molecular weight is 302 g/mol. The lowest BCUT2D eigenvalue weighted by molar-refractivity contribution is 0.419. The number of hydrogen-bond donors (Lipinski definition) is 0. The number of ether oxygens (including phenoxy) is 1. The van der Waals surface area contributed by atoms with Crippen molar-refractivity contribution in [3.8, 4) is 17.0 Å². The number of rotatable bonds is 3. The molecule has 2 aromatic carbocycles. The first-order valence-electron chi connectivity index (χ1n) is 6.51. The Hall–Kier alpha value is -2.13. The lowest BCUT2D eigenvalue weighted by Crippen LogP contribution is -1.95. The molecule has 0 aliphatic heterocycles. The number of nitrogens with zero attached hydrogens (tertiary/aromatic N) is 1. The van der Waals surface area contributed by atoms with Crippen molar-refractivity contribution in [1.82, 2.24) is 4.98 Å². The van der Waals surface area contributed by atoms with Gasteiger partial charge in [-0.05, 0) is 29.8 Å². The second-order valence-corrected chi connectivity index (χ2v) is 4.94. The summed E-state index contributed by atoms with van der Waals surface area (Å²) >= 11 is 6.03. The molecule has 2 nitrogen and oxygen atoms in total. The van der Waals surface area contributed by atoms with Crippen LogP contribution in [0.5, 0.6) is 5.75 Å². The van der Waals surface area contributed by atoms with Gasteiger partial charge in [-0.1, -0.05) is 24.3 Å². The number of fused-ring (bicyclic) bond motifs is 1. The SMILES string of the molecule is COc1cccc2cc(CCl)c(-c3cccc(F)c3)nc12. The third kappa shape index (κ3) is 2.57. The minimum absolute atomic E-state index is 0.296. The lowest BCUT2D eigenvalue weighted by atomic mass is 10.0. The van der Waals surface area contributed by atoms with Crippen molar-refractivity contribution in [2.45, 2.75) is 5.88 Å². The maximum Gasteiger partial charge on any atom is 0.145 e. The van der Waals surface area contributed by atoms with E-state index in [2.05, 4.69) is 4.98 Å². The van der Waals surface area contributed by atoms with E-state index in [1.807, 2.05) is 30.3 Å². The first-order valence-corrected chi connectivity index (χ1v) is 7.05. The van der Waals surface area contributed by atoms with E-state index in [1.165, 1.54) is 12.1 Å². The largest absolute Gasteiger partial charge is 0.494 e. The number of aromatic nitrogens is 1. The number of hydrogen-bond acceptors (Lipinski definition) is 2. The summed E-state index contributed by atoms with van der Waals surface area (Å²) in [5, 5.41) is 0.949. The van der Waals surface area contributed by atoms with Crippen LogP contribution < -0.4 is 4.74 Å². The van der Waals surface area contributed by atoms with Gasteiger partial charge in [-0.25, -0.2) is 9.37 Å². The summed E-state index contributed by atoms with van der Waals surface area (Å²) in [6, 6.07) is 14.0. The molecule has 0 saturated carbocycles. The summed E-state index contributed by atoms with van der Waals surface area (Å²) in [5.41, 5.74) is 3.00. The monoisotopic (exact) mass is 301 g/mol. The van der Waals surface area contributed by atoms with Gasteiger partial charge in [-0.3, -0.25) is 0 Å². The maximum absolute atomic E-state index is 13.5. The molecule has 0 aliphatic carbocycles. The second kappa shape index (κ2) is 5.70. The van der Waals surface area contributed by atoms with Gasteiger partial charge < -0.3 is 4.74 Å². The second-order valence-electron chi connectivity index (χ2n) is 4.67. The van der Waals surface area contributed by atoms with Crippen molar-refractivity contribution in [3.05, 3.63) is 59.9 Å².